The smallest absolute Gasteiger partial charge is 0.326 e. The van der Waals surface area contributed by atoms with Crippen LogP contribution < -0.4 is 5.32 Å². The average Bonchev–Trinajstić information content (AvgIpc) is 3.01. The molecular weight excluding hydrogens is 278 g/mol. The quantitative estimate of drug-likeness (QED) is 0.558. The van der Waals surface area contributed by atoms with Gasteiger partial charge in [0.1, 0.15) is 6.04 Å². The monoisotopic (exact) mass is 291 g/mol. The van der Waals surface area contributed by atoms with Crippen LogP contribution in [-0.2, 0) is 4.79 Å². The average molecular weight is 291 g/mol. The molecule has 0 saturated heterocycles. The molecule has 0 aliphatic heterocycles. The lowest BCUT2D eigenvalue weighted by Gasteiger charge is -2.13. The molecule has 0 aliphatic carbocycles. The van der Waals surface area contributed by atoms with Crippen molar-refractivity contribution in [3.8, 4) is 11.4 Å². The first-order valence-corrected chi connectivity index (χ1v) is 6.10. The zero-order valence-electron chi connectivity index (χ0n) is 10.9. The maximum absolute atomic E-state index is 12.0. The van der Waals surface area contributed by atoms with Crippen LogP contribution in [0, 0.1) is 0 Å². The second kappa shape index (κ2) is 6.57. The number of carboxylic acid groups (broad SMARTS) is 1. The molecule has 0 bridgehead atoms. The van der Waals surface area contributed by atoms with Gasteiger partial charge in [-0.1, -0.05) is 12.1 Å². The minimum absolute atomic E-state index is 0.0639. The van der Waals surface area contributed by atoms with Crippen LogP contribution in [0.5, 0.6) is 0 Å². The van der Waals surface area contributed by atoms with Crippen molar-refractivity contribution >= 4 is 11.9 Å². The number of H-pyrrole nitrogens is 1. The van der Waals surface area contributed by atoms with E-state index in [-0.39, 0.29) is 18.6 Å². The second-order valence-corrected chi connectivity index (χ2v) is 4.19. The van der Waals surface area contributed by atoms with Gasteiger partial charge in [0.05, 0.1) is 0 Å². The number of tetrazole rings is 1. The van der Waals surface area contributed by atoms with Gasteiger partial charge in [-0.05, 0) is 17.3 Å². The van der Waals surface area contributed by atoms with Crippen molar-refractivity contribution in [2.75, 3.05) is 6.61 Å². The Morgan fingerprint density at radius 2 is 2.19 bits per heavy atom. The van der Waals surface area contributed by atoms with Crippen LogP contribution in [0.25, 0.3) is 11.4 Å². The lowest BCUT2D eigenvalue weighted by molar-refractivity contribution is -0.139. The fraction of sp³-hybridized carbons (Fsp3) is 0.250. The Bertz CT molecular complexity index is 628. The summed E-state index contributed by atoms with van der Waals surface area (Å²) in [5.41, 5.74) is 0.840. The van der Waals surface area contributed by atoms with Crippen molar-refractivity contribution < 1.29 is 19.8 Å². The molecule has 9 heteroatoms. The molecule has 0 radical (unpaired) electrons. The topological polar surface area (TPSA) is 141 Å². The number of amides is 1. The summed E-state index contributed by atoms with van der Waals surface area (Å²) in [7, 11) is 0. The van der Waals surface area contributed by atoms with Gasteiger partial charge in [-0.25, -0.2) is 4.79 Å². The van der Waals surface area contributed by atoms with E-state index in [9.17, 15) is 9.59 Å². The molecule has 2 aromatic rings. The van der Waals surface area contributed by atoms with Crippen LogP contribution in [0.3, 0.4) is 0 Å². The van der Waals surface area contributed by atoms with E-state index in [0.29, 0.717) is 11.4 Å². The molecule has 9 nitrogen and oxygen atoms in total. The third kappa shape index (κ3) is 3.60. The standard InChI is InChI=1S/C12H13N5O4/c18-5-4-9(12(20)21)13-11(19)8-3-1-2-7(6-8)10-14-16-17-15-10/h1-3,6,9,18H,4-5H2,(H,13,19)(H,20,21)(H,14,15,16,17). The summed E-state index contributed by atoms with van der Waals surface area (Å²) < 4.78 is 0. The van der Waals surface area contributed by atoms with Gasteiger partial charge in [-0.3, -0.25) is 4.79 Å². The number of rotatable bonds is 6. The van der Waals surface area contributed by atoms with Crippen molar-refractivity contribution in [1.29, 1.82) is 0 Å². The van der Waals surface area contributed by atoms with Crippen molar-refractivity contribution in [2.24, 2.45) is 0 Å². The minimum atomic E-state index is -1.20. The lowest BCUT2D eigenvalue weighted by atomic mass is 10.1. The summed E-state index contributed by atoms with van der Waals surface area (Å²) in [4.78, 5) is 23.0. The van der Waals surface area contributed by atoms with Crippen molar-refractivity contribution in [1.82, 2.24) is 25.9 Å². The molecule has 1 heterocycles. The minimum Gasteiger partial charge on any atom is -0.480 e. The molecule has 0 saturated carbocycles. The Hall–Kier alpha value is -2.81. The summed E-state index contributed by atoms with van der Waals surface area (Å²) in [6.07, 6.45) is -0.0639. The highest BCUT2D eigenvalue weighted by Crippen LogP contribution is 2.15. The fourth-order valence-electron chi connectivity index (χ4n) is 1.71. The lowest BCUT2D eigenvalue weighted by Crippen LogP contribution is -2.41. The largest absolute Gasteiger partial charge is 0.480 e. The molecular formula is C12H13N5O4. The maximum Gasteiger partial charge on any atom is 0.326 e. The number of nitrogens with one attached hydrogen (secondary N) is 2. The predicted octanol–water partition coefficient (Wildman–Crippen LogP) is -0.568. The maximum atomic E-state index is 12.0. The molecule has 0 aliphatic rings. The zero-order valence-corrected chi connectivity index (χ0v) is 10.9. The Kier molecular flexibility index (Phi) is 4.57. The summed E-state index contributed by atoms with van der Waals surface area (Å²) in [5, 5.41) is 33.4. The van der Waals surface area contributed by atoms with Crippen molar-refractivity contribution in [2.45, 2.75) is 12.5 Å². The van der Waals surface area contributed by atoms with E-state index in [2.05, 4.69) is 25.9 Å². The number of aliphatic carboxylic acids is 1. The molecule has 21 heavy (non-hydrogen) atoms. The van der Waals surface area contributed by atoms with Gasteiger partial charge in [0.15, 0.2) is 0 Å². The zero-order chi connectivity index (χ0) is 15.2. The number of carboxylic acids is 1. The number of carbonyl (C=O) groups excluding carboxylic acids is 1. The Labute approximate surface area is 119 Å². The summed E-state index contributed by atoms with van der Waals surface area (Å²) in [5.74, 6) is -1.43. The highest BCUT2D eigenvalue weighted by Gasteiger charge is 2.20. The Morgan fingerprint density at radius 3 is 2.81 bits per heavy atom. The second-order valence-electron chi connectivity index (χ2n) is 4.19. The molecule has 4 N–H and O–H groups in total. The van der Waals surface area contributed by atoms with Gasteiger partial charge >= 0.3 is 5.97 Å². The van der Waals surface area contributed by atoms with Crippen LogP contribution >= 0.6 is 0 Å². The van der Waals surface area contributed by atoms with Crippen molar-refractivity contribution in [3.05, 3.63) is 29.8 Å². The van der Waals surface area contributed by atoms with E-state index in [1.54, 1.807) is 12.1 Å². The van der Waals surface area contributed by atoms with Gasteiger partial charge in [0.2, 0.25) is 5.82 Å². The van der Waals surface area contributed by atoms with E-state index in [4.69, 9.17) is 10.2 Å². The summed E-state index contributed by atoms with van der Waals surface area (Å²) >= 11 is 0. The van der Waals surface area contributed by atoms with Gasteiger partial charge in [-0.2, -0.15) is 5.21 Å². The molecule has 0 fully saturated rings. The van der Waals surface area contributed by atoms with Crippen LogP contribution in [0.15, 0.2) is 24.3 Å². The summed E-state index contributed by atoms with van der Waals surface area (Å²) in [6, 6.07) is 5.25. The molecule has 1 atom stereocenters. The molecule has 1 unspecified atom stereocenters. The molecule has 1 amide bonds. The predicted molar refractivity (Wildman–Crippen MR) is 70.2 cm³/mol. The number of aliphatic hydroxyl groups is 1. The van der Waals surface area contributed by atoms with E-state index >= 15 is 0 Å². The fourth-order valence-corrected chi connectivity index (χ4v) is 1.71. The highest BCUT2D eigenvalue weighted by molar-refractivity contribution is 5.97. The number of aromatic nitrogens is 4. The van der Waals surface area contributed by atoms with E-state index in [1.807, 2.05) is 0 Å². The van der Waals surface area contributed by atoms with E-state index in [0.717, 1.165) is 0 Å². The van der Waals surface area contributed by atoms with Gasteiger partial charge in [-0.15, -0.1) is 10.2 Å². The number of hydrogen-bond donors (Lipinski definition) is 4. The highest BCUT2D eigenvalue weighted by atomic mass is 16.4. The Morgan fingerprint density at radius 1 is 1.38 bits per heavy atom. The Balaban J connectivity index is 2.16. The third-order valence-electron chi connectivity index (χ3n) is 2.75. The summed E-state index contributed by atoms with van der Waals surface area (Å²) in [6.45, 7) is -0.333. The van der Waals surface area contributed by atoms with Crippen LogP contribution in [0.1, 0.15) is 16.8 Å². The number of hydrogen-bond acceptors (Lipinski definition) is 6. The molecule has 1 aromatic heterocycles. The van der Waals surface area contributed by atoms with Gasteiger partial charge < -0.3 is 15.5 Å². The molecule has 1 aromatic carbocycles. The number of benzene rings is 1. The van der Waals surface area contributed by atoms with Gasteiger partial charge in [0.25, 0.3) is 5.91 Å². The molecule has 0 spiro atoms. The normalized spacial score (nSPS) is 11.9. The number of carbonyl (C=O) groups is 2. The van der Waals surface area contributed by atoms with Gasteiger partial charge in [0, 0.05) is 24.2 Å². The third-order valence-corrected chi connectivity index (χ3v) is 2.75. The first-order chi connectivity index (χ1) is 10.1. The number of aromatic amines is 1. The van der Waals surface area contributed by atoms with E-state index in [1.165, 1.54) is 12.1 Å². The first-order valence-electron chi connectivity index (χ1n) is 6.10. The van der Waals surface area contributed by atoms with Crippen LogP contribution in [0.4, 0.5) is 0 Å². The SMILES string of the molecule is O=C(NC(CCO)C(=O)O)c1cccc(-c2nn[nH]n2)c1. The molecule has 110 valence electrons. The number of aliphatic hydroxyl groups excluding tert-OH is 1. The number of nitrogens with zero attached hydrogens (tertiary/aromatic N) is 3. The van der Waals surface area contributed by atoms with E-state index < -0.39 is 17.9 Å². The molecule has 2 rings (SSSR count). The van der Waals surface area contributed by atoms with Crippen molar-refractivity contribution in [3.63, 3.8) is 0 Å². The van der Waals surface area contributed by atoms with Crippen LogP contribution in [-0.4, -0.2) is 55.4 Å². The van der Waals surface area contributed by atoms with Crippen LogP contribution in [0.2, 0.25) is 0 Å². The first kappa shape index (κ1) is 14.6.